The molecule has 0 spiro atoms. The van der Waals surface area contributed by atoms with Crippen molar-refractivity contribution in [1.82, 2.24) is 9.55 Å². The molecule has 1 N–H and O–H groups in total. The Bertz CT molecular complexity index is 685. The van der Waals surface area contributed by atoms with Crippen molar-refractivity contribution in [2.24, 2.45) is 0 Å². The minimum Gasteiger partial charge on any atom is -0.378 e. The van der Waals surface area contributed by atoms with Crippen LogP contribution in [0.3, 0.4) is 0 Å². The molecular formula is C12H14N2O2S2. The molecule has 3 rings (SSSR count). The average Bonchev–Trinajstić information content (AvgIpc) is 2.77. The lowest BCUT2D eigenvalue weighted by Gasteiger charge is -2.28. The fraction of sp³-hybridized carbons (Fsp3) is 0.500. The molecule has 2 aromatic rings. The van der Waals surface area contributed by atoms with E-state index in [0.717, 1.165) is 23.1 Å². The minimum atomic E-state index is 0.0304. The van der Waals surface area contributed by atoms with Gasteiger partial charge in [0.25, 0.3) is 5.56 Å². The molecule has 18 heavy (non-hydrogen) atoms. The number of H-pyrrole nitrogens is 1. The van der Waals surface area contributed by atoms with E-state index in [4.69, 9.17) is 17.0 Å². The lowest BCUT2D eigenvalue weighted by Crippen LogP contribution is -2.32. The third-order valence-electron chi connectivity index (χ3n) is 3.36. The van der Waals surface area contributed by atoms with Gasteiger partial charge in [-0.05, 0) is 43.4 Å². The predicted octanol–water partition coefficient (Wildman–Crippen LogP) is 2.86. The van der Waals surface area contributed by atoms with Crippen molar-refractivity contribution >= 4 is 33.8 Å². The van der Waals surface area contributed by atoms with Crippen molar-refractivity contribution in [3.8, 4) is 0 Å². The molecule has 0 saturated carbocycles. The number of hydrogen-bond acceptors (Lipinski definition) is 4. The normalized spacial score (nSPS) is 24.5. The second-order valence-electron chi connectivity index (χ2n) is 4.63. The van der Waals surface area contributed by atoms with Crippen LogP contribution >= 0.6 is 23.6 Å². The van der Waals surface area contributed by atoms with Gasteiger partial charge >= 0.3 is 0 Å². The largest absolute Gasteiger partial charge is 0.378 e. The van der Waals surface area contributed by atoms with Crippen LogP contribution in [0.1, 0.15) is 25.8 Å². The molecular weight excluding hydrogens is 268 g/mol. The number of nitrogens with one attached hydrogen (secondary N) is 1. The number of ether oxygens (including phenoxy) is 1. The molecule has 6 heteroatoms. The van der Waals surface area contributed by atoms with Gasteiger partial charge in [-0.25, -0.2) is 0 Å². The molecule has 1 fully saturated rings. The standard InChI is InChI=1S/C12H14N2O2S2/c1-7-6-8(2-4-16-7)14-11(15)10-9(3-5-18-10)13-12(14)17/h3,5,7-8H,2,4,6H2,1H3,(H,13,17). The molecule has 0 amide bonds. The Labute approximate surface area is 113 Å². The molecule has 1 aliphatic heterocycles. The van der Waals surface area contributed by atoms with Gasteiger partial charge in [-0.1, -0.05) is 0 Å². The SMILES string of the molecule is CC1CC(n2c(=S)[nH]c3ccsc3c2=O)CCO1. The molecule has 0 bridgehead atoms. The first kappa shape index (κ1) is 12.1. The molecule has 3 heterocycles. The number of aromatic amines is 1. The second kappa shape index (κ2) is 4.60. The van der Waals surface area contributed by atoms with Crippen LogP contribution in [0.5, 0.6) is 0 Å². The number of rotatable bonds is 1. The summed E-state index contributed by atoms with van der Waals surface area (Å²) < 4.78 is 8.53. The third kappa shape index (κ3) is 1.94. The second-order valence-corrected chi connectivity index (χ2v) is 5.93. The molecule has 0 radical (unpaired) electrons. The molecule has 96 valence electrons. The maximum atomic E-state index is 12.5. The fourth-order valence-electron chi connectivity index (χ4n) is 2.49. The summed E-state index contributed by atoms with van der Waals surface area (Å²) in [5, 5.41) is 1.91. The predicted molar refractivity (Wildman–Crippen MR) is 75.0 cm³/mol. The van der Waals surface area contributed by atoms with Crippen molar-refractivity contribution in [3.63, 3.8) is 0 Å². The zero-order valence-corrected chi connectivity index (χ0v) is 11.6. The maximum absolute atomic E-state index is 12.5. The summed E-state index contributed by atoms with van der Waals surface area (Å²) in [6.07, 6.45) is 1.87. The lowest BCUT2D eigenvalue weighted by atomic mass is 10.0. The number of fused-ring (bicyclic) bond motifs is 1. The zero-order valence-electron chi connectivity index (χ0n) is 10.0. The Morgan fingerprint density at radius 2 is 2.44 bits per heavy atom. The fourth-order valence-corrected chi connectivity index (χ4v) is 3.62. The lowest BCUT2D eigenvalue weighted by molar-refractivity contribution is 0.00492. The first-order valence-electron chi connectivity index (χ1n) is 6.00. The quantitative estimate of drug-likeness (QED) is 0.818. The van der Waals surface area contributed by atoms with E-state index in [1.54, 1.807) is 4.57 Å². The number of aromatic nitrogens is 2. The van der Waals surface area contributed by atoms with Crippen LogP contribution in [-0.4, -0.2) is 22.3 Å². The third-order valence-corrected chi connectivity index (χ3v) is 4.56. The van der Waals surface area contributed by atoms with Gasteiger partial charge in [-0.2, -0.15) is 0 Å². The van der Waals surface area contributed by atoms with E-state index >= 15 is 0 Å². The summed E-state index contributed by atoms with van der Waals surface area (Å²) in [5.74, 6) is 0. The summed E-state index contributed by atoms with van der Waals surface area (Å²) in [5.41, 5.74) is 0.870. The monoisotopic (exact) mass is 282 g/mol. The smallest absolute Gasteiger partial charge is 0.272 e. The van der Waals surface area contributed by atoms with Crippen molar-refractivity contribution in [3.05, 3.63) is 26.6 Å². The highest BCUT2D eigenvalue weighted by atomic mass is 32.1. The minimum absolute atomic E-state index is 0.0304. The van der Waals surface area contributed by atoms with Crippen LogP contribution < -0.4 is 5.56 Å². The van der Waals surface area contributed by atoms with Gasteiger partial charge in [-0.3, -0.25) is 9.36 Å². The Morgan fingerprint density at radius 1 is 1.61 bits per heavy atom. The summed E-state index contributed by atoms with van der Waals surface area (Å²) >= 11 is 6.78. The Balaban J connectivity index is 2.16. The molecule has 0 aliphatic carbocycles. The van der Waals surface area contributed by atoms with Crippen LogP contribution in [0, 0.1) is 4.77 Å². The maximum Gasteiger partial charge on any atom is 0.272 e. The van der Waals surface area contributed by atoms with E-state index < -0.39 is 0 Å². The first-order chi connectivity index (χ1) is 8.66. The highest BCUT2D eigenvalue weighted by Gasteiger charge is 2.23. The van der Waals surface area contributed by atoms with Crippen LogP contribution in [0.2, 0.25) is 0 Å². The number of hydrogen-bond donors (Lipinski definition) is 1. The van der Waals surface area contributed by atoms with E-state index in [2.05, 4.69) is 4.98 Å². The molecule has 0 aromatic carbocycles. The van der Waals surface area contributed by atoms with E-state index in [0.29, 0.717) is 11.4 Å². The molecule has 1 saturated heterocycles. The molecule has 2 aromatic heterocycles. The molecule has 2 atom stereocenters. The van der Waals surface area contributed by atoms with E-state index in [1.165, 1.54) is 11.3 Å². The highest BCUT2D eigenvalue weighted by molar-refractivity contribution is 7.71. The van der Waals surface area contributed by atoms with Crippen LogP contribution in [-0.2, 0) is 4.74 Å². The number of nitrogens with zero attached hydrogens (tertiary/aromatic N) is 1. The van der Waals surface area contributed by atoms with E-state index in [-0.39, 0.29) is 17.7 Å². The van der Waals surface area contributed by atoms with Crippen molar-refractivity contribution in [2.45, 2.75) is 31.9 Å². The van der Waals surface area contributed by atoms with Gasteiger partial charge in [0.05, 0.1) is 11.6 Å². The van der Waals surface area contributed by atoms with Crippen LogP contribution in [0.4, 0.5) is 0 Å². The van der Waals surface area contributed by atoms with E-state index in [9.17, 15) is 4.79 Å². The number of thiophene rings is 1. The zero-order chi connectivity index (χ0) is 12.7. The van der Waals surface area contributed by atoms with Gasteiger partial charge in [0.2, 0.25) is 0 Å². The average molecular weight is 282 g/mol. The van der Waals surface area contributed by atoms with Gasteiger partial charge < -0.3 is 9.72 Å². The van der Waals surface area contributed by atoms with Crippen LogP contribution in [0.15, 0.2) is 16.2 Å². The summed E-state index contributed by atoms with van der Waals surface area (Å²) in [6, 6.07) is 2.05. The van der Waals surface area contributed by atoms with Gasteiger partial charge in [0.1, 0.15) is 4.70 Å². The topological polar surface area (TPSA) is 47.0 Å². The molecule has 1 aliphatic rings. The summed E-state index contributed by atoms with van der Waals surface area (Å²) in [4.78, 5) is 15.6. The summed E-state index contributed by atoms with van der Waals surface area (Å²) in [7, 11) is 0. The Hall–Kier alpha value is -0.980. The van der Waals surface area contributed by atoms with Crippen molar-refractivity contribution in [1.29, 1.82) is 0 Å². The van der Waals surface area contributed by atoms with Gasteiger partial charge in [0, 0.05) is 12.6 Å². The van der Waals surface area contributed by atoms with Crippen LogP contribution in [0.25, 0.3) is 10.2 Å². The van der Waals surface area contributed by atoms with Gasteiger partial charge in [0.15, 0.2) is 4.77 Å². The summed E-state index contributed by atoms with van der Waals surface area (Å²) in [6.45, 7) is 2.73. The Morgan fingerprint density at radius 3 is 3.22 bits per heavy atom. The van der Waals surface area contributed by atoms with Crippen molar-refractivity contribution in [2.75, 3.05) is 6.61 Å². The van der Waals surface area contributed by atoms with Gasteiger partial charge in [-0.15, -0.1) is 11.3 Å². The Kier molecular flexibility index (Phi) is 3.09. The highest BCUT2D eigenvalue weighted by Crippen LogP contribution is 2.25. The first-order valence-corrected chi connectivity index (χ1v) is 7.29. The van der Waals surface area contributed by atoms with E-state index in [1.807, 2.05) is 18.4 Å². The molecule has 4 nitrogen and oxygen atoms in total. The molecule has 2 unspecified atom stereocenters. The van der Waals surface area contributed by atoms with Crippen molar-refractivity contribution < 1.29 is 4.74 Å².